The van der Waals surface area contributed by atoms with Gasteiger partial charge in [-0.25, -0.2) is 4.79 Å². The van der Waals surface area contributed by atoms with Crippen LogP contribution in [-0.4, -0.2) is 18.0 Å². The number of carbonyl (C=O) groups is 2. The van der Waals surface area contributed by atoms with E-state index in [1.54, 1.807) is 13.0 Å². The van der Waals surface area contributed by atoms with Gasteiger partial charge in [0, 0.05) is 5.69 Å². The monoisotopic (exact) mass is 351 g/mol. The van der Waals surface area contributed by atoms with E-state index in [0.717, 1.165) is 25.7 Å². The van der Waals surface area contributed by atoms with Gasteiger partial charge in [-0.1, -0.05) is 25.1 Å². The summed E-state index contributed by atoms with van der Waals surface area (Å²) < 4.78 is 5.36. The minimum atomic E-state index is -0.857. The van der Waals surface area contributed by atoms with E-state index in [2.05, 4.69) is 12.2 Å². The molecule has 0 aliphatic heterocycles. The first-order valence-electron chi connectivity index (χ1n) is 9.29. The number of amides is 1. The van der Waals surface area contributed by atoms with E-state index < -0.39 is 12.1 Å². The molecule has 0 heterocycles. The summed E-state index contributed by atoms with van der Waals surface area (Å²) in [4.78, 5) is 24.7. The number of aryl methyl sites for hydroxylation is 3. The number of esters is 1. The molecule has 4 nitrogen and oxygen atoms in total. The van der Waals surface area contributed by atoms with Crippen LogP contribution in [0.25, 0.3) is 0 Å². The van der Waals surface area contributed by atoms with Crippen LogP contribution < -0.4 is 5.32 Å². The zero-order chi connectivity index (χ0) is 18.5. The van der Waals surface area contributed by atoms with Crippen LogP contribution in [0, 0.1) is 0 Å². The summed E-state index contributed by atoms with van der Waals surface area (Å²) in [5.41, 5.74) is 4.95. The second kappa shape index (κ2) is 8.17. The molecule has 0 saturated heterocycles. The molecule has 1 aliphatic carbocycles. The lowest BCUT2D eigenvalue weighted by molar-refractivity contribution is -0.123. The standard InChI is InChI=1S/C22H25NO3/c1-3-16-8-12-20(13-9-16)23-21(24)15(2)26-22(25)19-11-10-17-6-4-5-7-18(17)14-19/h8-15H,3-7H2,1-2H3,(H,23,24)/t15-/m0/s1. The topological polar surface area (TPSA) is 55.4 Å². The summed E-state index contributed by atoms with van der Waals surface area (Å²) in [6.45, 7) is 3.67. The van der Waals surface area contributed by atoms with Gasteiger partial charge in [-0.3, -0.25) is 4.79 Å². The van der Waals surface area contributed by atoms with Gasteiger partial charge < -0.3 is 10.1 Å². The molecule has 0 saturated carbocycles. The molecule has 0 unspecified atom stereocenters. The Balaban J connectivity index is 1.60. The number of rotatable bonds is 5. The Kier molecular flexibility index (Phi) is 5.71. The number of hydrogen-bond acceptors (Lipinski definition) is 3. The third-order valence-electron chi connectivity index (χ3n) is 4.87. The number of fused-ring (bicyclic) bond motifs is 1. The van der Waals surface area contributed by atoms with E-state index >= 15 is 0 Å². The van der Waals surface area contributed by atoms with Crippen LogP contribution in [0.15, 0.2) is 42.5 Å². The summed E-state index contributed by atoms with van der Waals surface area (Å²) in [5.74, 6) is -0.789. The van der Waals surface area contributed by atoms with Crippen LogP contribution in [-0.2, 0) is 28.8 Å². The van der Waals surface area contributed by atoms with Crippen molar-refractivity contribution >= 4 is 17.6 Å². The fourth-order valence-electron chi connectivity index (χ4n) is 3.21. The van der Waals surface area contributed by atoms with Gasteiger partial charge in [0.2, 0.25) is 0 Å². The summed E-state index contributed by atoms with van der Waals surface area (Å²) in [5, 5.41) is 2.78. The highest BCUT2D eigenvalue weighted by atomic mass is 16.5. The van der Waals surface area contributed by atoms with E-state index in [4.69, 9.17) is 4.74 Å². The first kappa shape index (κ1) is 18.2. The third-order valence-corrected chi connectivity index (χ3v) is 4.87. The van der Waals surface area contributed by atoms with Crippen molar-refractivity contribution < 1.29 is 14.3 Å². The molecule has 2 aromatic rings. The molecule has 0 spiro atoms. The maximum Gasteiger partial charge on any atom is 0.338 e. The van der Waals surface area contributed by atoms with Gasteiger partial charge in [-0.15, -0.1) is 0 Å². The largest absolute Gasteiger partial charge is 0.449 e. The number of anilines is 1. The fourth-order valence-corrected chi connectivity index (χ4v) is 3.21. The maximum atomic E-state index is 12.4. The minimum Gasteiger partial charge on any atom is -0.449 e. The molecule has 0 aromatic heterocycles. The smallest absolute Gasteiger partial charge is 0.338 e. The predicted molar refractivity (Wildman–Crippen MR) is 102 cm³/mol. The van der Waals surface area contributed by atoms with Crippen molar-refractivity contribution in [3.05, 3.63) is 64.7 Å². The lowest BCUT2D eigenvalue weighted by Crippen LogP contribution is -2.30. The quantitative estimate of drug-likeness (QED) is 0.817. The zero-order valence-electron chi connectivity index (χ0n) is 15.4. The number of hydrogen-bond donors (Lipinski definition) is 1. The average Bonchev–Trinajstić information content (AvgIpc) is 2.68. The summed E-state index contributed by atoms with van der Waals surface area (Å²) >= 11 is 0. The van der Waals surface area contributed by atoms with Gasteiger partial charge in [0.15, 0.2) is 6.10 Å². The van der Waals surface area contributed by atoms with E-state index in [0.29, 0.717) is 11.3 Å². The van der Waals surface area contributed by atoms with Crippen molar-refractivity contribution in [2.75, 3.05) is 5.32 Å². The second-order valence-electron chi connectivity index (χ2n) is 6.78. The van der Waals surface area contributed by atoms with Crippen LogP contribution in [0.5, 0.6) is 0 Å². The molecular weight excluding hydrogens is 326 g/mol. The highest BCUT2D eigenvalue weighted by Gasteiger charge is 2.20. The van der Waals surface area contributed by atoms with Crippen LogP contribution in [0.4, 0.5) is 5.69 Å². The molecule has 0 fully saturated rings. The predicted octanol–water partition coefficient (Wildman–Crippen LogP) is 4.31. The van der Waals surface area contributed by atoms with Gasteiger partial charge >= 0.3 is 5.97 Å². The fraction of sp³-hybridized carbons (Fsp3) is 0.364. The minimum absolute atomic E-state index is 0.333. The summed E-state index contributed by atoms with van der Waals surface area (Å²) in [7, 11) is 0. The molecule has 1 atom stereocenters. The normalized spacial score (nSPS) is 14.2. The molecule has 4 heteroatoms. The molecule has 2 aromatic carbocycles. The van der Waals surface area contributed by atoms with Crippen LogP contribution >= 0.6 is 0 Å². The highest BCUT2D eigenvalue weighted by molar-refractivity contribution is 5.97. The molecule has 136 valence electrons. The van der Waals surface area contributed by atoms with E-state index in [1.165, 1.54) is 23.1 Å². The molecular formula is C22H25NO3. The lowest BCUT2D eigenvalue weighted by Gasteiger charge is -2.17. The molecule has 1 amide bonds. The number of nitrogens with one attached hydrogen (secondary N) is 1. The van der Waals surface area contributed by atoms with Crippen molar-refractivity contribution in [3.8, 4) is 0 Å². The molecule has 26 heavy (non-hydrogen) atoms. The number of carbonyl (C=O) groups excluding carboxylic acids is 2. The Bertz CT molecular complexity index is 796. The van der Waals surface area contributed by atoms with Gasteiger partial charge in [0.25, 0.3) is 5.91 Å². The third kappa shape index (κ3) is 4.31. The van der Waals surface area contributed by atoms with Crippen LogP contribution in [0.3, 0.4) is 0 Å². The summed E-state index contributed by atoms with van der Waals surface area (Å²) in [6.07, 6.45) is 4.52. The van der Waals surface area contributed by atoms with E-state index in [1.807, 2.05) is 36.4 Å². The molecule has 1 aliphatic rings. The van der Waals surface area contributed by atoms with Gasteiger partial charge in [0.05, 0.1) is 5.56 Å². The Morgan fingerprint density at radius 3 is 2.42 bits per heavy atom. The van der Waals surface area contributed by atoms with E-state index in [-0.39, 0.29) is 5.91 Å². The average molecular weight is 351 g/mol. The number of benzene rings is 2. The molecule has 0 radical (unpaired) electrons. The van der Waals surface area contributed by atoms with Gasteiger partial charge in [-0.2, -0.15) is 0 Å². The van der Waals surface area contributed by atoms with Crippen molar-refractivity contribution in [1.82, 2.24) is 0 Å². The Morgan fingerprint density at radius 1 is 1.04 bits per heavy atom. The summed E-state index contributed by atoms with van der Waals surface area (Å²) in [6, 6.07) is 13.4. The molecule has 3 rings (SSSR count). The van der Waals surface area contributed by atoms with Crippen molar-refractivity contribution in [2.24, 2.45) is 0 Å². The highest BCUT2D eigenvalue weighted by Crippen LogP contribution is 2.22. The van der Waals surface area contributed by atoms with Crippen LogP contribution in [0.1, 0.15) is 53.7 Å². The van der Waals surface area contributed by atoms with E-state index in [9.17, 15) is 9.59 Å². The Hall–Kier alpha value is -2.62. The first-order valence-corrected chi connectivity index (χ1v) is 9.29. The van der Waals surface area contributed by atoms with Crippen molar-refractivity contribution in [2.45, 2.75) is 52.1 Å². The zero-order valence-corrected chi connectivity index (χ0v) is 15.4. The second-order valence-corrected chi connectivity index (χ2v) is 6.78. The number of ether oxygens (including phenoxy) is 1. The van der Waals surface area contributed by atoms with Crippen molar-refractivity contribution in [1.29, 1.82) is 0 Å². The molecule has 1 N–H and O–H groups in total. The maximum absolute atomic E-state index is 12.4. The SMILES string of the molecule is CCc1ccc(NC(=O)[C@H](C)OC(=O)c2ccc3c(c2)CCCC3)cc1. The lowest BCUT2D eigenvalue weighted by atomic mass is 9.90. The van der Waals surface area contributed by atoms with Crippen LogP contribution in [0.2, 0.25) is 0 Å². The van der Waals surface area contributed by atoms with Crippen molar-refractivity contribution in [3.63, 3.8) is 0 Å². The molecule has 0 bridgehead atoms. The first-order chi connectivity index (χ1) is 12.6. The van der Waals surface area contributed by atoms with Gasteiger partial charge in [-0.05, 0) is 80.0 Å². The van der Waals surface area contributed by atoms with Gasteiger partial charge in [0.1, 0.15) is 0 Å². The Morgan fingerprint density at radius 2 is 1.73 bits per heavy atom. The Labute approximate surface area is 154 Å².